The summed E-state index contributed by atoms with van der Waals surface area (Å²) < 4.78 is 24.5. The zero-order valence-electron chi connectivity index (χ0n) is 14.6. The molecule has 1 aromatic rings. The first-order valence-corrected chi connectivity index (χ1v) is 10.3. The molecule has 1 atom stereocenters. The van der Waals surface area contributed by atoms with E-state index in [9.17, 15) is 13.2 Å². The van der Waals surface area contributed by atoms with E-state index in [1.54, 1.807) is 4.90 Å². The summed E-state index contributed by atoms with van der Waals surface area (Å²) in [4.78, 5) is 14.0. The first-order chi connectivity index (χ1) is 11.2. The number of likely N-dealkylation sites (tertiary alicyclic amines) is 1. The lowest BCUT2D eigenvalue weighted by Gasteiger charge is -2.42. The summed E-state index contributed by atoms with van der Waals surface area (Å²) in [6.45, 7) is 5.10. The van der Waals surface area contributed by atoms with Crippen molar-refractivity contribution in [2.24, 2.45) is 11.1 Å². The molecule has 0 aromatic heterocycles. The zero-order chi connectivity index (χ0) is 17.8. The van der Waals surface area contributed by atoms with Gasteiger partial charge >= 0.3 is 0 Å². The van der Waals surface area contributed by atoms with Gasteiger partial charge in [0.05, 0.1) is 5.75 Å². The number of sulfone groups is 1. The van der Waals surface area contributed by atoms with Gasteiger partial charge in [0.25, 0.3) is 0 Å². The molecule has 1 aliphatic rings. The third-order valence-corrected chi connectivity index (χ3v) is 6.37. The molecule has 2 rings (SSSR count). The molecule has 0 saturated carbocycles. The highest BCUT2D eigenvalue weighted by Crippen LogP contribution is 2.27. The molecule has 1 amide bonds. The molecular formula is C18H28N2O3S. The predicted molar refractivity (Wildman–Crippen MR) is 96.4 cm³/mol. The van der Waals surface area contributed by atoms with Gasteiger partial charge < -0.3 is 10.6 Å². The summed E-state index contributed by atoms with van der Waals surface area (Å²) in [7, 11) is -3.37. The van der Waals surface area contributed by atoms with Crippen LogP contribution in [0.3, 0.4) is 0 Å². The van der Waals surface area contributed by atoms with E-state index in [-0.39, 0.29) is 23.1 Å². The second kappa shape index (κ2) is 7.66. The Bertz CT molecular complexity index is 656. The van der Waals surface area contributed by atoms with Crippen LogP contribution in [-0.2, 0) is 21.1 Å². The van der Waals surface area contributed by atoms with Gasteiger partial charge in [-0.25, -0.2) is 8.42 Å². The minimum absolute atomic E-state index is 0.0454. The van der Waals surface area contributed by atoms with Crippen molar-refractivity contribution in [2.45, 2.75) is 39.2 Å². The smallest absolute Gasteiger partial charge is 0.237 e. The standard InChI is InChI=1S/C18H28N2O3S/c1-18(2)14-20(11-10-16(18)19)17(21)13-24(22,23)12-6-9-15-7-4-3-5-8-15/h3-5,7-8,16H,6,9-14,19H2,1-2H3. The number of rotatable bonds is 6. The molecule has 1 saturated heterocycles. The van der Waals surface area contributed by atoms with E-state index in [2.05, 4.69) is 0 Å². The Kier molecular flexibility index (Phi) is 6.04. The fourth-order valence-electron chi connectivity index (χ4n) is 3.08. The second-order valence-electron chi connectivity index (χ2n) is 7.38. The maximum Gasteiger partial charge on any atom is 0.237 e. The Balaban J connectivity index is 1.84. The van der Waals surface area contributed by atoms with Crippen LogP contribution in [0.5, 0.6) is 0 Å². The summed E-state index contributed by atoms with van der Waals surface area (Å²) in [5.41, 5.74) is 7.01. The fraction of sp³-hybridized carbons (Fsp3) is 0.611. The molecule has 134 valence electrons. The minimum atomic E-state index is -3.37. The van der Waals surface area contributed by atoms with E-state index < -0.39 is 15.6 Å². The van der Waals surface area contributed by atoms with Crippen LogP contribution in [0, 0.1) is 5.41 Å². The van der Waals surface area contributed by atoms with E-state index in [4.69, 9.17) is 5.73 Å². The van der Waals surface area contributed by atoms with Gasteiger partial charge in [-0.3, -0.25) is 4.79 Å². The first kappa shape index (κ1) is 18.9. The van der Waals surface area contributed by atoms with Gasteiger partial charge in [0.2, 0.25) is 5.91 Å². The van der Waals surface area contributed by atoms with Gasteiger partial charge in [-0.2, -0.15) is 0 Å². The maximum absolute atomic E-state index is 12.3. The van der Waals surface area contributed by atoms with Crippen LogP contribution in [-0.4, -0.2) is 49.9 Å². The highest BCUT2D eigenvalue weighted by Gasteiger charge is 2.36. The van der Waals surface area contributed by atoms with Crippen molar-refractivity contribution in [1.82, 2.24) is 4.90 Å². The van der Waals surface area contributed by atoms with Crippen LogP contribution >= 0.6 is 0 Å². The number of nitrogens with zero attached hydrogens (tertiary/aromatic N) is 1. The van der Waals surface area contributed by atoms with E-state index in [0.717, 1.165) is 5.56 Å². The monoisotopic (exact) mass is 352 g/mol. The summed E-state index contributed by atoms with van der Waals surface area (Å²) >= 11 is 0. The maximum atomic E-state index is 12.3. The Morgan fingerprint density at radius 3 is 2.58 bits per heavy atom. The van der Waals surface area contributed by atoms with Crippen LogP contribution in [0.25, 0.3) is 0 Å². The molecule has 0 bridgehead atoms. The molecule has 24 heavy (non-hydrogen) atoms. The van der Waals surface area contributed by atoms with E-state index in [0.29, 0.717) is 32.4 Å². The topological polar surface area (TPSA) is 80.5 Å². The number of benzene rings is 1. The number of carbonyl (C=O) groups is 1. The van der Waals surface area contributed by atoms with Crippen molar-refractivity contribution in [2.75, 3.05) is 24.6 Å². The van der Waals surface area contributed by atoms with Crippen LogP contribution < -0.4 is 5.73 Å². The van der Waals surface area contributed by atoms with Gasteiger partial charge in [0.1, 0.15) is 5.75 Å². The third-order valence-electron chi connectivity index (χ3n) is 4.77. The molecule has 1 heterocycles. The Labute approximate surface area is 145 Å². The highest BCUT2D eigenvalue weighted by atomic mass is 32.2. The van der Waals surface area contributed by atoms with Gasteiger partial charge in [-0.05, 0) is 30.2 Å². The first-order valence-electron chi connectivity index (χ1n) is 8.47. The van der Waals surface area contributed by atoms with E-state index >= 15 is 0 Å². The molecule has 0 aliphatic carbocycles. The lowest BCUT2D eigenvalue weighted by Crippen LogP contribution is -2.54. The zero-order valence-corrected chi connectivity index (χ0v) is 15.4. The average molecular weight is 353 g/mol. The summed E-state index contributed by atoms with van der Waals surface area (Å²) in [6, 6.07) is 9.83. The lowest BCUT2D eigenvalue weighted by molar-refractivity contribution is -0.131. The van der Waals surface area contributed by atoms with Crippen molar-refractivity contribution in [1.29, 1.82) is 0 Å². The average Bonchev–Trinajstić information content (AvgIpc) is 2.50. The molecule has 2 N–H and O–H groups in total. The second-order valence-corrected chi connectivity index (χ2v) is 9.56. The molecule has 1 aliphatic heterocycles. The van der Waals surface area contributed by atoms with Gasteiger partial charge in [0.15, 0.2) is 9.84 Å². The van der Waals surface area contributed by atoms with Crippen LogP contribution in [0.1, 0.15) is 32.3 Å². The number of aryl methyl sites for hydroxylation is 1. The quantitative estimate of drug-likeness (QED) is 0.843. The number of carbonyl (C=O) groups excluding carboxylic acids is 1. The number of hydrogen-bond donors (Lipinski definition) is 1. The molecule has 1 unspecified atom stereocenters. The Hall–Kier alpha value is -1.40. The largest absolute Gasteiger partial charge is 0.341 e. The summed E-state index contributed by atoms with van der Waals surface area (Å²) in [5.74, 6) is -0.646. The summed E-state index contributed by atoms with van der Waals surface area (Å²) in [5, 5.41) is 0. The minimum Gasteiger partial charge on any atom is -0.341 e. The van der Waals surface area contributed by atoms with Gasteiger partial charge in [-0.15, -0.1) is 0 Å². The molecule has 0 spiro atoms. The highest BCUT2D eigenvalue weighted by molar-refractivity contribution is 7.92. The van der Waals surface area contributed by atoms with E-state index in [1.807, 2.05) is 44.2 Å². The fourth-order valence-corrected chi connectivity index (χ4v) is 4.37. The summed E-state index contributed by atoms with van der Waals surface area (Å²) in [6.07, 6.45) is 1.96. The number of amides is 1. The van der Waals surface area contributed by atoms with Gasteiger partial charge in [0, 0.05) is 19.1 Å². The SMILES string of the molecule is CC1(C)CN(C(=O)CS(=O)(=O)CCCc2ccccc2)CCC1N. The third kappa shape index (κ3) is 5.31. The van der Waals surface area contributed by atoms with Crippen LogP contribution in [0.4, 0.5) is 0 Å². The molecule has 5 nitrogen and oxygen atoms in total. The Morgan fingerprint density at radius 2 is 1.96 bits per heavy atom. The Morgan fingerprint density at radius 1 is 1.29 bits per heavy atom. The van der Waals surface area contributed by atoms with Crippen molar-refractivity contribution in [3.8, 4) is 0 Å². The lowest BCUT2D eigenvalue weighted by atomic mass is 9.80. The van der Waals surface area contributed by atoms with Crippen LogP contribution in [0.15, 0.2) is 30.3 Å². The molecular weight excluding hydrogens is 324 g/mol. The van der Waals surface area contributed by atoms with Gasteiger partial charge in [-0.1, -0.05) is 44.2 Å². The number of hydrogen-bond acceptors (Lipinski definition) is 4. The van der Waals surface area contributed by atoms with Crippen molar-refractivity contribution in [3.05, 3.63) is 35.9 Å². The predicted octanol–water partition coefficient (Wildman–Crippen LogP) is 1.62. The molecule has 1 fully saturated rings. The molecule has 1 aromatic carbocycles. The number of piperidine rings is 1. The number of nitrogens with two attached hydrogens (primary N) is 1. The van der Waals surface area contributed by atoms with Crippen molar-refractivity contribution >= 4 is 15.7 Å². The van der Waals surface area contributed by atoms with Crippen molar-refractivity contribution in [3.63, 3.8) is 0 Å². The normalized spacial score (nSPS) is 20.8. The van der Waals surface area contributed by atoms with Crippen LogP contribution in [0.2, 0.25) is 0 Å². The molecule has 6 heteroatoms. The van der Waals surface area contributed by atoms with E-state index in [1.165, 1.54) is 0 Å². The van der Waals surface area contributed by atoms with Crippen molar-refractivity contribution < 1.29 is 13.2 Å². The molecule has 0 radical (unpaired) electrons.